The molecular formula is C2H7BI2NO6P2. The lowest BCUT2D eigenvalue weighted by Gasteiger charge is -2.31. The van der Waals surface area contributed by atoms with Crippen molar-refractivity contribution in [1.82, 2.24) is 0 Å². The van der Waals surface area contributed by atoms with Gasteiger partial charge in [-0.3, -0.25) is 9.13 Å². The van der Waals surface area contributed by atoms with Gasteiger partial charge >= 0.3 is 15.2 Å². The molecule has 0 spiro atoms. The second kappa shape index (κ2) is 5.41. The molecule has 14 heavy (non-hydrogen) atoms. The van der Waals surface area contributed by atoms with Crippen molar-refractivity contribution >= 4 is 68.8 Å². The highest BCUT2D eigenvalue weighted by Crippen LogP contribution is 2.69. The third-order valence-corrected chi connectivity index (χ3v) is 9.14. The van der Waals surface area contributed by atoms with Crippen molar-refractivity contribution < 1.29 is 28.7 Å². The summed E-state index contributed by atoms with van der Waals surface area (Å²) in [6, 6.07) is 0. The third-order valence-electron chi connectivity index (χ3n) is 1.25. The third kappa shape index (κ3) is 3.39. The molecule has 0 saturated carbocycles. The maximum Gasteiger partial charge on any atom is 0.359 e. The van der Waals surface area contributed by atoms with Crippen LogP contribution in [0.1, 0.15) is 0 Å². The summed E-state index contributed by atoms with van der Waals surface area (Å²) in [5, 5.41) is -2.82. The van der Waals surface area contributed by atoms with Gasteiger partial charge in [0.25, 0.3) is 0 Å². The van der Waals surface area contributed by atoms with E-state index in [1.54, 1.807) is 0 Å². The van der Waals surface area contributed by atoms with Gasteiger partial charge in [-0.15, -0.1) is 0 Å². The monoisotopic (exact) mass is 468 g/mol. The van der Waals surface area contributed by atoms with Gasteiger partial charge in [0.15, 0.2) is 0 Å². The Morgan fingerprint density at radius 3 is 1.29 bits per heavy atom. The smallest absolute Gasteiger partial charge is 0.323 e. The summed E-state index contributed by atoms with van der Waals surface area (Å²) in [6.45, 7) is 0. The second-order valence-corrected chi connectivity index (χ2v) is 11.1. The second-order valence-electron chi connectivity index (χ2n) is 2.17. The van der Waals surface area contributed by atoms with Gasteiger partial charge in [0, 0.05) is 8.41 Å². The van der Waals surface area contributed by atoms with Crippen LogP contribution < -0.4 is 5.73 Å². The van der Waals surface area contributed by atoms with Gasteiger partial charge in [0.1, 0.15) is 1.93 Å². The van der Waals surface area contributed by atoms with Crippen LogP contribution in [0.3, 0.4) is 0 Å². The molecule has 0 aliphatic carbocycles. The summed E-state index contributed by atoms with van der Waals surface area (Å²) >= 11 is 2.90. The molecule has 0 fully saturated rings. The Hall–Kier alpha value is 1.78. The first kappa shape index (κ1) is 18.2. The molecule has 0 aliphatic heterocycles. The fraction of sp³-hybridized carbons (Fsp3) is 1.00. The van der Waals surface area contributed by atoms with Gasteiger partial charge in [0.05, 0.1) is 0 Å². The van der Waals surface area contributed by atoms with E-state index in [-0.39, 0.29) is 8.41 Å². The zero-order valence-electron chi connectivity index (χ0n) is 6.49. The van der Waals surface area contributed by atoms with E-state index in [9.17, 15) is 9.13 Å². The highest BCUT2D eigenvalue weighted by atomic mass is 127. The van der Waals surface area contributed by atoms with Crippen molar-refractivity contribution in [3.8, 4) is 0 Å². The Bertz CT molecular complexity index is 264. The molecule has 3 radical (unpaired) electrons. The van der Waals surface area contributed by atoms with Gasteiger partial charge in [-0.1, -0.05) is 45.2 Å². The Morgan fingerprint density at radius 1 is 1.07 bits per heavy atom. The van der Waals surface area contributed by atoms with Gasteiger partial charge in [-0.2, -0.15) is 0 Å². The average molecular weight is 468 g/mol. The normalized spacial score (nSPS) is 14.0. The van der Waals surface area contributed by atoms with Crippen LogP contribution in [0, 0.1) is 0 Å². The number of hydrogen-bond donors (Lipinski definition) is 5. The minimum Gasteiger partial charge on any atom is -0.323 e. The van der Waals surface area contributed by atoms with E-state index in [2.05, 4.69) is 0 Å². The zero-order chi connectivity index (χ0) is 11.1. The van der Waals surface area contributed by atoms with Gasteiger partial charge < -0.3 is 25.3 Å². The Labute approximate surface area is 109 Å². The number of rotatable bonds is 3. The number of alkyl halides is 2. The number of halogens is 2. The van der Waals surface area contributed by atoms with Gasteiger partial charge in [0.2, 0.25) is 5.02 Å². The highest BCUT2D eigenvalue weighted by Gasteiger charge is 2.61. The molecule has 6 N–H and O–H groups in total. The molecule has 0 aromatic rings. The molecule has 0 atom stereocenters. The summed E-state index contributed by atoms with van der Waals surface area (Å²) in [5.74, 6) is 0. The maximum atomic E-state index is 10.8. The number of nitrogens with two attached hydrogens (primary N) is 1. The maximum absolute atomic E-state index is 10.8. The van der Waals surface area contributed by atoms with E-state index < -0.39 is 22.1 Å². The minimum atomic E-state index is -5.07. The molecular weight excluding hydrogens is 461 g/mol. The van der Waals surface area contributed by atoms with Crippen LogP contribution in [0.4, 0.5) is 0 Å². The Kier molecular flexibility index (Phi) is 7.02. The molecule has 0 amide bonds. The van der Waals surface area contributed by atoms with Gasteiger partial charge in [-0.25, -0.2) is 0 Å². The molecule has 0 bridgehead atoms. The molecule has 0 aromatic heterocycles. The largest absolute Gasteiger partial charge is 0.359 e. The average Bonchev–Trinajstić information content (AvgIpc) is 1.80. The van der Waals surface area contributed by atoms with Gasteiger partial charge in [-0.05, 0) is 0 Å². The Morgan fingerprint density at radius 2 is 1.29 bits per heavy atom. The van der Waals surface area contributed by atoms with Crippen LogP contribution in [0.5, 0.6) is 0 Å². The zero-order valence-corrected chi connectivity index (χ0v) is 12.6. The predicted molar refractivity (Wildman–Crippen MR) is 68.6 cm³/mol. The predicted octanol–water partition coefficient (Wildman–Crippen LogP) is -0.230. The fourth-order valence-corrected chi connectivity index (χ4v) is 6.64. The van der Waals surface area contributed by atoms with Crippen molar-refractivity contribution in [2.45, 2.75) is 6.95 Å². The first-order valence-electron chi connectivity index (χ1n) is 2.63. The standard InChI is InChI=1S/C2H7I2NO6P2.B/c3-1(4)2(5,12(6,7)8)13(9,10)11;/h1H,5H2,(H2,6,7,8)(H2,9,10,11);. The topological polar surface area (TPSA) is 141 Å². The van der Waals surface area contributed by atoms with Crippen LogP contribution in [0.15, 0.2) is 0 Å². The molecule has 0 aromatic carbocycles. The molecule has 7 nitrogen and oxygen atoms in total. The van der Waals surface area contributed by atoms with Crippen LogP contribution >= 0.6 is 60.4 Å². The van der Waals surface area contributed by atoms with Crippen molar-refractivity contribution in [2.24, 2.45) is 5.73 Å². The lowest BCUT2D eigenvalue weighted by atomic mass is 10.8. The summed E-state index contributed by atoms with van der Waals surface area (Å²) in [4.78, 5) is 34.9. The van der Waals surface area contributed by atoms with E-state index >= 15 is 0 Å². The van der Waals surface area contributed by atoms with Crippen LogP contribution in [-0.2, 0) is 9.13 Å². The lowest BCUT2D eigenvalue weighted by molar-refractivity contribution is 0.316. The fourth-order valence-electron chi connectivity index (χ4n) is 0.424. The SMILES string of the molecule is NC(C(I)I)(P(=O)(O)O)P(=O)(O)O.[B]. The van der Waals surface area contributed by atoms with Crippen molar-refractivity contribution in [1.29, 1.82) is 0 Å². The van der Waals surface area contributed by atoms with Crippen molar-refractivity contribution in [3.63, 3.8) is 0 Å². The van der Waals surface area contributed by atoms with Crippen LogP contribution in [0.2, 0.25) is 0 Å². The first-order chi connectivity index (χ1) is 5.44. The summed E-state index contributed by atoms with van der Waals surface area (Å²) in [5.41, 5.74) is 5.05. The Balaban J connectivity index is 0. The van der Waals surface area contributed by atoms with E-state index in [0.717, 1.165) is 0 Å². The summed E-state index contributed by atoms with van der Waals surface area (Å²) < 4.78 is 20.5. The summed E-state index contributed by atoms with van der Waals surface area (Å²) in [7, 11) is -10.1. The molecule has 0 aliphatic rings. The van der Waals surface area contributed by atoms with E-state index in [4.69, 9.17) is 25.3 Å². The van der Waals surface area contributed by atoms with Crippen molar-refractivity contribution in [3.05, 3.63) is 0 Å². The molecule has 12 heteroatoms. The number of hydrogen-bond acceptors (Lipinski definition) is 3. The van der Waals surface area contributed by atoms with E-state index in [1.807, 2.05) is 0 Å². The molecule has 0 saturated heterocycles. The first-order valence-corrected chi connectivity index (χ1v) is 8.34. The van der Waals surface area contributed by atoms with E-state index in [1.165, 1.54) is 45.2 Å². The van der Waals surface area contributed by atoms with Crippen molar-refractivity contribution in [2.75, 3.05) is 0 Å². The van der Waals surface area contributed by atoms with E-state index in [0.29, 0.717) is 0 Å². The summed E-state index contributed by atoms with van der Waals surface area (Å²) in [6.07, 6.45) is 0. The lowest BCUT2D eigenvalue weighted by Crippen LogP contribution is -2.44. The molecule has 0 rings (SSSR count). The quantitative estimate of drug-likeness (QED) is 0.167. The van der Waals surface area contributed by atoms with Crippen LogP contribution in [-0.4, -0.2) is 34.9 Å². The molecule has 83 valence electrons. The molecule has 0 unspecified atom stereocenters. The van der Waals surface area contributed by atoms with Crippen LogP contribution in [0.25, 0.3) is 0 Å². The minimum absolute atomic E-state index is 0. The highest BCUT2D eigenvalue weighted by molar-refractivity contribution is 14.2. The molecule has 0 heterocycles.